The fraction of sp³-hybridized carbons (Fsp3) is 0.636. The third kappa shape index (κ3) is 2.35. The van der Waals surface area contributed by atoms with Crippen molar-refractivity contribution >= 4 is 22.4 Å². The van der Waals surface area contributed by atoms with Gasteiger partial charge in [-0.25, -0.2) is 9.78 Å². The summed E-state index contributed by atoms with van der Waals surface area (Å²) in [5.74, 6) is 0.409. The van der Waals surface area contributed by atoms with E-state index < -0.39 is 0 Å². The number of aryl methyl sites for hydroxylation is 1. The Kier molecular flexibility index (Phi) is 3.14. The van der Waals surface area contributed by atoms with Gasteiger partial charge in [-0.3, -0.25) is 0 Å². The summed E-state index contributed by atoms with van der Waals surface area (Å²) in [6.07, 6.45) is 2.59. The highest BCUT2D eigenvalue weighted by molar-refractivity contribution is 7.15. The van der Waals surface area contributed by atoms with Crippen LogP contribution in [0, 0.1) is 12.8 Å². The molecule has 0 amide bonds. The van der Waals surface area contributed by atoms with E-state index in [1.807, 2.05) is 6.92 Å². The average Bonchev–Trinajstić information content (AvgIpc) is 3.03. The molecule has 1 aliphatic rings. The molecule has 88 valence electrons. The van der Waals surface area contributed by atoms with Crippen LogP contribution in [0.2, 0.25) is 0 Å². The Morgan fingerprint density at radius 1 is 1.62 bits per heavy atom. The second kappa shape index (κ2) is 4.41. The quantitative estimate of drug-likeness (QED) is 0.821. The summed E-state index contributed by atoms with van der Waals surface area (Å²) in [6, 6.07) is 0.441. The van der Waals surface area contributed by atoms with Gasteiger partial charge in [0.25, 0.3) is 0 Å². The van der Waals surface area contributed by atoms with Gasteiger partial charge in [-0.15, -0.1) is 11.3 Å². The molecule has 1 aliphatic carbocycles. The Hall–Kier alpha value is -1.10. The lowest BCUT2D eigenvalue weighted by Crippen LogP contribution is -2.17. The molecule has 0 aromatic carbocycles. The smallest absolute Gasteiger partial charge is 0.357 e. The number of carbonyl (C=O) groups is 1. The molecule has 1 atom stereocenters. The number of ether oxygens (including phenoxy) is 1. The number of carbonyl (C=O) groups excluding carboxylic acids is 1. The molecule has 0 bridgehead atoms. The number of aromatic nitrogens is 1. The van der Waals surface area contributed by atoms with Crippen LogP contribution in [0.5, 0.6) is 0 Å². The molecule has 1 aromatic heterocycles. The predicted molar refractivity (Wildman–Crippen MR) is 64.0 cm³/mol. The van der Waals surface area contributed by atoms with Crippen LogP contribution < -0.4 is 5.32 Å². The SMILES string of the molecule is COC(=O)c1nc(NC(C)C2CC2)sc1C. The normalized spacial score (nSPS) is 16.9. The minimum atomic E-state index is -0.360. The molecule has 2 rings (SSSR count). The maximum atomic E-state index is 11.4. The zero-order valence-corrected chi connectivity index (χ0v) is 10.6. The van der Waals surface area contributed by atoms with Crippen molar-refractivity contribution in [3.63, 3.8) is 0 Å². The van der Waals surface area contributed by atoms with E-state index in [1.165, 1.54) is 31.3 Å². The van der Waals surface area contributed by atoms with Gasteiger partial charge in [0.15, 0.2) is 10.8 Å². The molecule has 1 fully saturated rings. The van der Waals surface area contributed by atoms with Gasteiger partial charge in [0.05, 0.1) is 7.11 Å². The molecule has 1 heterocycles. The number of rotatable bonds is 4. The molecule has 0 aliphatic heterocycles. The van der Waals surface area contributed by atoms with Crippen molar-refractivity contribution in [2.45, 2.75) is 32.7 Å². The number of hydrogen-bond donors (Lipinski definition) is 1. The first-order valence-corrected chi connectivity index (χ1v) is 6.25. The number of methoxy groups -OCH3 is 1. The topological polar surface area (TPSA) is 51.2 Å². The Morgan fingerprint density at radius 3 is 2.88 bits per heavy atom. The Bertz CT molecular complexity index is 399. The lowest BCUT2D eigenvalue weighted by atomic mass is 10.2. The molecule has 16 heavy (non-hydrogen) atoms. The van der Waals surface area contributed by atoms with Gasteiger partial charge in [0.2, 0.25) is 0 Å². The molecule has 1 aromatic rings. The second-order valence-electron chi connectivity index (χ2n) is 4.19. The molecule has 0 radical (unpaired) electrons. The fourth-order valence-electron chi connectivity index (χ4n) is 1.65. The zero-order valence-electron chi connectivity index (χ0n) is 9.74. The maximum absolute atomic E-state index is 11.4. The second-order valence-corrected chi connectivity index (χ2v) is 5.39. The third-order valence-electron chi connectivity index (χ3n) is 2.86. The van der Waals surface area contributed by atoms with Crippen LogP contribution in [0.4, 0.5) is 5.13 Å². The van der Waals surface area contributed by atoms with Crippen LogP contribution in [0.15, 0.2) is 0 Å². The number of anilines is 1. The van der Waals surface area contributed by atoms with Crippen LogP contribution in [0.1, 0.15) is 35.1 Å². The summed E-state index contributed by atoms with van der Waals surface area (Å²) in [5, 5.41) is 4.16. The molecule has 0 saturated heterocycles. The van der Waals surface area contributed by atoms with Gasteiger partial charge in [-0.2, -0.15) is 0 Å². The maximum Gasteiger partial charge on any atom is 0.357 e. The average molecular weight is 240 g/mol. The van der Waals surface area contributed by atoms with Gasteiger partial charge in [-0.05, 0) is 32.6 Å². The van der Waals surface area contributed by atoms with Gasteiger partial charge in [-0.1, -0.05) is 0 Å². The number of nitrogens with one attached hydrogen (secondary N) is 1. The number of hydrogen-bond acceptors (Lipinski definition) is 5. The standard InChI is InChI=1S/C11H16N2O2S/c1-6(8-4-5-8)12-11-13-9(7(2)16-11)10(14)15-3/h6,8H,4-5H2,1-3H3,(H,12,13). The summed E-state index contributed by atoms with van der Waals surface area (Å²) < 4.78 is 4.67. The predicted octanol–water partition coefficient (Wildman–Crippen LogP) is 2.45. The first-order chi connectivity index (χ1) is 7.61. The first-order valence-electron chi connectivity index (χ1n) is 5.44. The van der Waals surface area contributed by atoms with Gasteiger partial charge >= 0.3 is 5.97 Å². The molecule has 0 spiro atoms. The van der Waals surface area contributed by atoms with Crippen molar-refractivity contribution < 1.29 is 9.53 Å². The van der Waals surface area contributed by atoms with Gasteiger partial charge < -0.3 is 10.1 Å². The third-order valence-corrected chi connectivity index (χ3v) is 3.76. The van der Waals surface area contributed by atoms with E-state index in [1.54, 1.807) is 0 Å². The van der Waals surface area contributed by atoms with E-state index in [-0.39, 0.29) is 5.97 Å². The van der Waals surface area contributed by atoms with Crippen molar-refractivity contribution in [2.75, 3.05) is 12.4 Å². The van der Waals surface area contributed by atoms with E-state index in [0.717, 1.165) is 15.9 Å². The van der Waals surface area contributed by atoms with Crippen LogP contribution >= 0.6 is 11.3 Å². The summed E-state index contributed by atoms with van der Waals surface area (Å²) in [6.45, 7) is 4.04. The Morgan fingerprint density at radius 2 is 2.31 bits per heavy atom. The van der Waals surface area contributed by atoms with Crippen molar-refractivity contribution in [2.24, 2.45) is 5.92 Å². The van der Waals surface area contributed by atoms with Crippen molar-refractivity contribution in [3.05, 3.63) is 10.6 Å². The molecule has 1 unspecified atom stereocenters. The minimum Gasteiger partial charge on any atom is -0.464 e. The summed E-state index contributed by atoms with van der Waals surface area (Å²) in [5.41, 5.74) is 0.429. The lowest BCUT2D eigenvalue weighted by Gasteiger charge is -2.10. The monoisotopic (exact) mass is 240 g/mol. The van der Waals surface area contributed by atoms with Crippen molar-refractivity contribution in [1.82, 2.24) is 4.98 Å². The Balaban J connectivity index is 2.07. The van der Waals surface area contributed by atoms with E-state index in [0.29, 0.717) is 11.7 Å². The largest absolute Gasteiger partial charge is 0.464 e. The molecule has 1 saturated carbocycles. The first kappa shape index (κ1) is 11.4. The van der Waals surface area contributed by atoms with E-state index >= 15 is 0 Å². The summed E-state index contributed by atoms with van der Waals surface area (Å²) >= 11 is 1.51. The van der Waals surface area contributed by atoms with E-state index in [4.69, 9.17) is 0 Å². The lowest BCUT2D eigenvalue weighted by molar-refractivity contribution is 0.0594. The van der Waals surface area contributed by atoms with Crippen molar-refractivity contribution in [3.8, 4) is 0 Å². The van der Waals surface area contributed by atoms with E-state index in [9.17, 15) is 4.79 Å². The van der Waals surface area contributed by atoms with Crippen LogP contribution in [0.25, 0.3) is 0 Å². The highest BCUT2D eigenvalue weighted by Gasteiger charge is 2.28. The molecular formula is C11H16N2O2S. The highest BCUT2D eigenvalue weighted by Crippen LogP contribution is 2.34. The summed E-state index contributed by atoms with van der Waals surface area (Å²) in [7, 11) is 1.38. The molecule has 5 heteroatoms. The number of nitrogens with zero attached hydrogens (tertiary/aromatic N) is 1. The summed E-state index contributed by atoms with van der Waals surface area (Å²) in [4.78, 5) is 16.5. The van der Waals surface area contributed by atoms with E-state index in [2.05, 4.69) is 22.0 Å². The van der Waals surface area contributed by atoms with Gasteiger partial charge in [0, 0.05) is 10.9 Å². The number of esters is 1. The molecule has 4 nitrogen and oxygen atoms in total. The molecular weight excluding hydrogens is 224 g/mol. The van der Waals surface area contributed by atoms with Crippen LogP contribution in [-0.2, 0) is 4.74 Å². The fourth-order valence-corrected chi connectivity index (χ4v) is 2.55. The van der Waals surface area contributed by atoms with Crippen LogP contribution in [0.3, 0.4) is 0 Å². The minimum absolute atomic E-state index is 0.360. The van der Waals surface area contributed by atoms with Crippen LogP contribution in [-0.4, -0.2) is 24.1 Å². The molecule has 1 N–H and O–H groups in total. The van der Waals surface area contributed by atoms with Crippen molar-refractivity contribution in [1.29, 1.82) is 0 Å². The highest BCUT2D eigenvalue weighted by atomic mass is 32.1. The Labute approximate surface area is 99.0 Å². The number of thiazole rings is 1. The zero-order chi connectivity index (χ0) is 11.7. The van der Waals surface area contributed by atoms with Gasteiger partial charge in [0.1, 0.15) is 0 Å².